The fourth-order valence-electron chi connectivity index (χ4n) is 10.2. The first kappa shape index (κ1) is 91.0. The molecule has 4 aliphatic rings. The molecule has 0 unspecified atom stereocenters. The van der Waals surface area contributed by atoms with Crippen molar-refractivity contribution in [3.05, 3.63) is 107 Å². The third kappa shape index (κ3) is 33.8. The lowest BCUT2D eigenvalue weighted by atomic mass is 10.1. The van der Waals surface area contributed by atoms with E-state index in [0.29, 0.717) is 104 Å². The summed E-state index contributed by atoms with van der Waals surface area (Å²) in [7, 11) is 0. The smallest absolute Gasteiger partial charge is 0.303 e. The highest BCUT2D eigenvalue weighted by Gasteiger charge is 2.27. The van der Waals surface area contributed by atoms with Crippen LogP contribution in [0.4, 0.5) is 49.6 Å². The molecule has 0 aliphatic carbocycles. The molecule has 4 aromatic heterocycles. The number of ether oxygens (including phenoxy) is 4. The van der Waals surface area contributed by atoms with Crippen LogP contribution in [0.5, 0.6) is 0 Å². The molecule has 0 bridgehead atoms. The minimum Gasteiger partial charge on any atom is -0.481 e. The molecule has 0 radical (unpaired) electrons. The molecule has 0 spiro atoms. The van der Waals surface area contributed by atoms with Gasteiger partial charge in [-0.2, -0.15) is 0 Å². The number of rotatable bonds is 27. The number of hydrogen-bond donors (Lipinski definition) is 12. The summed E-state index contributed by atoms with van der Waals surface area (Å²) in [5, 5.41) is 84.4. The summed E-state index contributed by atoms with van der Waals surface area (Å²) in [6.45, 7) is 11.7. The summed E-state index contributed by atoms with van der Waals surface area (Å²) >= 11 is 0. The van der Waals surface area contributed by atoms with Crippen LogP contribution >= 0.6 is 0 Å². The van der Waals surface area contributed by atoms with Crippen molar-refractivity contribution in [1.82, 2.24) is 48.8 Å². The van der Waals surface area contributed by atoms with Gasteiger partial charge in [0, 0.05) is 101 Å². The summed E-state index contributed by atoms with van der Waals surface area (Å²) in [4.78, 5) is 126. The number of imidazole rings is 2. The minimum absolute atomic E-state index is 0.0411. The van der Waals surface area contributed by atoms with E-state index in [1.165, 1.54) is 12.1 Å². The molecule has 8 heterocycles. The molecular formula is C68H84F6N12O24. The first-order valence-electron chi connectivity index (χ1n) is 33.7. The number of benzene rings is 2. The van der Waals surface area contributed by atoms with E-state index in [4.69, 9.17) is 70.0 Å². The first-order valence-corrected chi connectivity index (χ1v) is 33.7. The van der Waals surface area contributed by atoms with Gasteiger partial charge in [0.1, 0.15) is 46.3 Å². The van der Waals surface area contributed by atoms with Crippen molar-refractivity contribution in [2.75, 3.05) is 89.7 Å². The zero-order valence-electron chi connectivity index (χ0n) is 59.5. The van der Waals surface area contributed by atoms with Crippen molar-refractivity contribution < 1.29 is 144 Å². The number of aryl methyl sites for hydroxylation is 2. The van der Waals surface area contributed by atoms with Crippen LogP contribution in [-0.4, -0.2) is 239 Å². The Labute approximate surface area is 622 Å². The molecule has 0 amide bonds. The fraction of sp³-hybridized carbons (Fsp3) is 0.471. The van der Waals surface area contributed by atoms with Crippen molar-refractivity contribution in [1.29, 1.82) is 0 Å². The molecule has 0 atom stereocenters. The number of nitrogens with zero attached hydrogens (tertiary/aromatic N) is 10. The number of aromatic nitrogens is 8. The molecule has 2 aromatic carbocycles. The van der Waals surface area contributed by atoms with Crippen LogP contribution < -0.4 is 10.6 Å². The highest BCUT2D eigenvalue weighted by molar-refractivity contribution is 5.77. The van der Waals surface area contributed by atoms with Gasteiger partial charge in [-0.15, -0.1) is 0 Å². The van der Waals surface area contributed by atoms with Gasteiger partial charge in [-0.25, -0.2) is 56.2 Å². The van der Waals surface area contributed by atoms with Gasteiger partial charge in [-0.3, -0.25) is 57.7 Å². The third-order valence-electron chi connectivity index (χ3n) is 15.6. The van der Waals surface area contributed by atoms with E-state index in [-0.39, 0.29) is 122 Å². The molecule has 4 saturated heterocycles. The number of carboxylic acids is 10. The van der Waals surface area contributed by atoms with Gasteiger partial charge in [-0.05, 0) is 51.7 Å². The molecule has 4 fully saturated rings. The summed E-state index contributed by atoms with van der Waals surface area (Å²) in [6.07, 6.45) is 5.33. The molecule has 36 nitrogen and oxygen atoms in total. The fourth-order valence-corrected chi connectivity index (χ4v) is 10.2. The first-order chi connectivity index (χ1) is 52.1. The molecule has 42 heteroatoms. The number of carboxylic acid groups (broad SMARTS) is 10. The summed E-state index contributed by atoms with van der Waals surface area (Å²) in [5.41, 5.74) is 1.35. The Balaban J connectivity index is 0.000000313. The van der Waals surface area contributed by atoms with Crippen molar-refractivity contribution >= 4 is 83.0 Å². The Bertz CT molecular complexity index is 3660. The molecule has 10 rings (SSSR count). The third-order valence-corrected chi connectivity index (χ3v) is 15.6. The monoisotopic (exact) mass is 1570 g/mol. The number of carbonyl (C=O) groups is 10. The Morgan fingerprint density at radius 2 is 0.618 bits per heavy atom. The highest BCUT2D eigenvalue weighted by Crippen LogP contribution is 2.34. The van der Waals surface area contributed by atoms with E-state index in [2.05, 4.69) is 40.5 Å². The van der Waals surface area contributed by atoms with Gasteiger partial charge in [0.25, 0.3) is 0 Å². The standard InChI is InChI=1S/2C24H27F3N6O2.5C4H6O4/c2*1-15-28-13-22(33(15)17-2-6-34-7-3-17)23-20(27)12-29-24(31-23)30-21-11-18(25)16(10-19(21)26)14-32-4-8-35-9-5-32;5*5-3(6)1-2-4(7)8/h2*10-13,17H,2-9,14H2,1H3,(H,29,30,31);5*1-2H2,(H,5,6)(H,7,8). The minimum atomic E-state index is -1.08. The van der Waals surface area contributed by atoms with Crippen molar-refractivity contribution in [2.45, 2.75) is 129 Å². The Morgan fingerprint density at radius 1 is 0.364 bits per heavy atom. The SMILES string of the molecule is Cc1ncc(-c2nc(Nc3cc(F)c(CN4CCOCC4)cc3F)ncc2F)n1C1CCOCC1.Cc1ncc(-c2nc(Nc3cc(F)c(CN4CCOCC4)cc3F)ncc2F)n1C1CCOCC1.O=C(O)CCC(=O)O.O=C(O)CCC(=O)O.O=C(O)CCC(=O)O.O=C(O)CCC(=O)O.O=C(O)CCC(=O)O. The largest absolute Gasteiger partial charge is 0.481 e. The second-order valence-electron chi connectivity index (χ2n) is 23.9. The molecule has 6 aromatic rings. The average Bonchev–Trinajstić information content (AvgIpc) is 1.60. The number of aliphatic carboxylic acids is 10. The summed E-state index contributed by atoms with van der Waals surface area (Å²) in [6, 6.07) is 4.71. The van der Waals surface area contributed by atoms with Crippen molar-refractivity contribution in [3.63, 3.8) is 0 Å². The van der Waals surface area contributed by atoms with Gasteiger partial charge in [-0.1, -0.05) is 0 Å². The number of anilines is 4. The van der Waals surface area contributed by atoms with Crippen LogP contribution in [0.15, 0.2) is 49.1 Å². The van der Waals surface area contributed by atoms with Crippen LogP contribution in [0, 0.1) is 48.8 Å². The van der Waals surface area contributed by atoms with Crippen LogP contribution in [0.1, 0.15) is 125 Å². The normalized spacial score (nSPS) is 14.3. The van der Waals surface area contributed by atoms with Crippen LogP contribution in [0.3, 0.4) is 0 Å². The highest BCUT2D eigenvalue weighted by atomic mass is 19.1. The van der Waals surface area contributed by atoms with Crippen molar-refractivity contribution in [3.8, 4) is 22.8 Å². The number of hydrogen-bond acceptors (Lipinski definition) is 24. The van der Waals surface area contributed by atoms with Crippen molar-refractivity contribution in [2.24, 2.45) is 0 Å². The second-order valence-corrected chi connectivity index (χ2v) is 23.9. The maximum Gasteiger partial charge on any atom is 0.303 e. The molecule has 602 valence electrons. The van der Waals surface area contributed by atoms with Gasteiger partial charge < -0.3 is 89.8 Å². The number of halogens is 6. The van der Waals surface area contributed by atoms with E-state index in [0.717, 1.165) is 61.9 Å². The zero-order valence-corrected chi connectivity index (χ0v) is 59.5. The Morgan fingerprint density at radius 3 is 0.873 bits per heavy atom. The number of nitrogens with one attached hydrogen (secondary N) is 2. The molecule has 110 heavy (non-hydrogen) atoms. The lowest BCUT2D eigenvalue weighted by Gasteiger charge is -2.26. The maximum atomic E-state index is 14.9. The number of morpholine rings is 2. The summed E-state index contributed by atoms with van der Waals surface area (Å²) < 4.78 is 114. The van der Waals surface area contributed by atoms with Gasteiger partial charge in [0.05, 0.1) is 138 Å². The Hall–Kier alpha value is -11.3. The van der Waals surface area contributed by atoms with Gasteiger partial charge in [0.15, 0.2) is 11.6 Å². The molecule has 4 aliphatic heterocycles. The van der Waals surface area contributed by atoms with Crippen LogP contribution in [-0.2, 0) is 80.0 Å². The Kier molecular flexibility index (Phi) is 39.3. The summed E-state index contributed by atoms with van der Waals surface area (Å²) in [5.74, 6) is -13.0. The quantitative estimate of drug-likeness (QED) is 0.0220. The van der Waals surface area contributed by atoms with Crippen LogP contribution in [0.2, 0.25) is 0 Å². The predicted octanol–water partition coefficient (Wildman–Crippen LogP) is 7.67. The van der Waals surface area contributed by atoms with E-state index >= 15 is 0 Å². The van der Waals surface area contributed by atoms with E-state index < -0.39 is 94.6 Å². The maximum absolute atomic E-state index is 14.9. The average molecular weight is 1570 g/mol. The molecule has 12 N–H and O–H groups in total. The predicted molar refractivity (Wildman–Crippen MR) is 368 cm³/mol. The van der Waals surface area contributed by atoms with E-state index in [9.17, 15) is 74.3 Å². The lowest BCUT2D eigenvalue weighted by Crippen LogP contribution is -2.35. The van der Waals surface area contributed by atoms with Crippen LogP contribution in [0.25, 0.3) is 22.8 Å². The van der Waals surface area contributed by atoms with Gasteiger partial charge in [0.2, 0.25) is 11.9 Å². The molecule has 0 saturated carbocycles. The topological polar surface area (TPSA) is 528 Å². The lowest BCUT2D eigenvalue weighted by molar-refractivity contribution is -0.143. The van der Waals surface area contributed by atoms with E-state index in [1.807, 2.05) is 32.8 Å². The second kappa shape index (κ2) is 47.5. The molecular weight excluding hydrogens is 1480 g/mol. The van der Waals surface area contributed by atoms with Gasteiger partial charge >= 0.3 is 59.7 Å². The van der Waals surface area contributed by atoms with E-state index in [1.54, 1.807) is 12.4 Å². The zero-order chi connectivity index (χ0) is 81.6.